The van der Waals surface area contributed by atoms with Crippen LogP contribution in [0, 0.1) is 0 Å². The summed E-state index contributed by atoms with van der Waals surface area (Å²) >= 11 is 0. The normalized spacial score (nSPS) is 11.7. The molecule has 51 heavy (non-hydrogen) atoms. The summed E-state index contributed by atoms with van der Waals surface area (Å²) in [4.78, 5) is 25.1. The van der Waals surface area contributed by atoms with E-state index in [2.05, 4.69) is 38.2 Å². The first-order chi connectivity index (χ1) is 24.3. The Hall–Kier alpha value is -1.45. The van der Waals surface area contributed by atoms with Crippen molar-refractivity contribution < 1.29 is 61.6 Å². The van der Waals surface area contributed by atoms with Crippen molar-refractivity contribution in [3.05, 3.63) is 53.6 Å². The Kier molecular flexibility index (Phi) is 33.4. The van der Waals surface area contributed by atoms with Crippen LogP contribution in [-0.2, 0) is 19.6 Å². The number of benzene rings is 1. The van der Waals surface area contributed by atoms with Crippen LogP contribution >= 0.6 is 0 Å². The van der Waals surface area contributed by atoms with Gasteiger partial charge in [-0.25, -0.2) is 18.0 Å². The number of ether oxygens (including phenoxy) is 2. The van der Waals surface area contributed by atoms with E-state index in [-0.39, 0.29) is 53.9 Å². The van der Waals surface area contributed by atoms with Crippen LogP contribution in [0.3, 0.4) is 0 Å². The first-order valence-electron chi connectivity index (χ1n) is 20.0. The number of esters is 2. The third-order valence-corrected chi connectivity index (χ3v) is 9.83. The Morgan fingerprint density at radius 2 is 0.863 bits per heavy atom. The van der Waals surface area contributed by atoms with Gasteiger partial charge >= 0.3 is 41.5 Å². The first-order valence-corrected chi connectivity index (χ1v) is 21.5. The third kappa shape index (κ3) is 27.8. The number of rotatable bonds is 33. The van der Waals surface area contributed by atoms with Gasteiger partial charge in [-0.05, 0) is 69.6 Å². The van der Waals surface area contributed by atoms with Crippen LogP contribution in [-0.4, -0.2) is 38.1 Å². The zero-order valence-electron chi connectivity index (χ0n) is 32.6. The maximum absolute atomic E-state index is 12.9. The molecule has 0 spiro atoms. The number of carbonyl (C=O) groups excluding carboxylic acids is 2. The molecular weight excluding hydrogens is 672 g/mol. The van der Waals surface area contributed by atoms with Gasteiger partial charge in [-0.1, -0.05) is 154 Å². The monoisotopic (exact) mass is 740 g/mol. The SMILES string of the molecule is CCCCCCCCCCCC/C=C/CCCOC(=O)c1ccc(S(=O)(=O)[O-])cc1C(=O)OCCC/C=C/CCCCCCCCCCCC.[Na+]. The average Bonchev–Trinajstić information content (AvgIpc) is 3.10. The van der Waals surface area contributed by atoms with Gasteiger partial charge < -0.3 is 14.0 Å². The third-order valence-electron chi connectivity index (χ3n) is 9.00. The van der Waals surface area contributed by atoms with Crippen LogP contribution in [0.4, 0.5) is 0 Å². The Labute approximate surface area is 334 Å². The predicted octanol–water partition coefficient (Wildman–Crippen LogP) is 9.20. The van der Waals surface area contributed by atoms with Gasteiger partial charge in [0.2, 0.25) is 0 Å². The standard InChI is InChI=1S/C42H70O7S.Na/c1-3-5-7-9-11-13-15-17-19-21-23-25-27-29-31-35-48-41(43)39-34-33-38(50(45,46)47)37-40(39)42(44)49-36-32-30-28-26-24-22-20-18-16-14-12-10-8-6-4-2;/h25-28,33-34,37H,3-24,29-32,35-36H2,1-2H3,(H,45,46,47);/q;+1/p-1/b27-25+,28-26+;. The Bertz CT molecular complexity index is 1180. The molecule has 0 heterocycles. The van der Waals surface area contributed by atoms with Crippen molar-refractivity contribution in [1.29, 1.82) is 0 Å². The zero-order valence-corrected chi connectivity index (χ0v) is 35.4. The van der Waals surface area contributed by atoms with Gasteiger partial charge in [0.1, 0.15) is 10.1 Å². The molecule has 0 aliphatic carbocycles. The van der Waals surface area contributed by atoms with Crippen LogP contribution in [0.2, 0.25) is 0 Å². The molecule has 0 aromatic heterocycles. The molecule has 1 rings (SSSR count). The summed E-state index contributed by atoms with van der Waals surface area (Å²) in [5.74, 6) is -1.61. The molecule has 0 aliphatic heterocycles. The fourth-order valence-electron chi connectivity index (χ4n) is 5.88. The summed E-state index contributed by atoms with van der Waals surface area (Å²) in [5, 5.41) is 0. The van der Waals surface area contributed by atoms with Crippen LogP contribution in [0.5, 0.6) is 0 Å². The maximum atomic E-state index is 12.9. The molecular formula is C42H69NaO7S. The number of allylic oxidation sites excluding steroid dienone is 4. The minimum absolute atomic E-state index is 0. The topological polar surface area (TPSA) is 110 Å². The van der Waals surface area contributed by atoms with E-state index < -0.39 is 27.0 Å². The van der Waals surface area contributed by atoms with E-state index in [0.29, 0.717) is 12.8 Å². The molecule has 0 amide bonds. The van der Waals surface area contributed by atoms with Crippen molar-refractivity contribution in [2.75, 3.05) is 13.2 Å². The molecule has 0 radical (unpaired) electrons. The minimum atomic E-state index is -4.82. The van der Waals surface area contributed by atoms with Crippen LogP contribution in [0.25, 0.3) is 0 Å². The predicted molar refractivity (Wildman–Crippen MR) is 205 cm³/mol. The summed E-state index contributed by atoms with van der Waals surface area (Å²) in [6.45, 7) is 4.76. The molecule has 0 aliphatic rings. The number of unbranched alkanes of at least 4 members (excludes halogenated alkanes) is 22. The minimum Gasteiger partial charge on any atom is -0.744 e. The van der Waals surface area contributed by atoms with Gasteiger partial charge in [-0.2, -0.15) is 0 Å². The molecule has 9 heteroatoms. The van der Waals surface area contributed by atoms with E-state index in [1.807, 2.05) is 0 Å². The van der Waals surface area contributed by atoms with E-state index in [0.717, 1.165) is 43.9 Å². The largest absolute Gasteiger partial charge is 1.00 e. The molecule has 0 N–H and O–H groups in total. The Balaban J connectivity index is 0.0000250. The van der Waals surface area contributed by atoms with Gasteiger partial charge in [0.05, 0.1) is 29.2 Å². The van der Waals surface area contributed by atoms with Crippen molar-refractivity contribution in [2.45, 2.75) is 186 Å². The van der Waals surface area contributed by atoms with Gasteiger partial charge in [0.15, 0.2) is 0 Å². The smallest absolute Gasteiger partial charge is 0.744 e. The van der Waals surface area contributed by atoms with Crippen LogP contribution < -0.4 is 29.6 Å². The van der Waals surface area contributed by atoms with Gasteiger partial charge in [0, 0.05) is 0 Å². The molecule has 0 saturated carbocycles. The summed E-state index contributed by atoms with van der Waals surface area (Å²) < 4.78 is 45.5. The van der Waals surface area contributed by atoms with Gasteiger partial charge in [-0.3, -0.25) is 0 Å². The molecule has 1 aromatic rings. The molecule has 0 bridgehead atoms. The maximum Gasteiger partial charge on any atom is 1.00 e. The van der Waals surface area contributed by atoms with E-state index in [9.17, 15) is 22.6 Å². The number of hydrogen-bond donors (Lipinski definition) is 0. The quantitative estimate of drug-likeness (QED) is 0.0232. The fourth-order valence-corrected chi connectivity index (χ4v) is 6.38. The van der Waals surface area contributed by atoms with E-state index in [1.54, 1.807) is 0 Å². The Morgan fingerprint density at radius 3 is 1.24 bits per heavy atom. The van der Waals surface area contributed by atoms with Crippen molar-refractivity contribution >= 4 is 22.1 Å². The number of hydrogen-bond acceptors (Lipinski definition) is 7. The molecule has 0 unspecified atom stereocenters. The average molecular weight is 741 g/mol. The molecule has 7 nitrogen and oxygen atoms in total. The van der Waals surface area contributed by atoms with Crippen molar-refractivity contribution in [1.82, 2.24) is 0 Å². The second kappa shape index (κ2) is 34.3. The van der Waals surface area contributed by atoms with Crippen LogP contribution in [0.1, 0.15) is 202 Å². The molecule has 286 valence electrons. The summed E-state index contributed by atoms with van der Waals surface area (Å²) in [6, 6.07) is 3.07. The van der Waals surface area contributed by atoms with Crippen LogP contribution in [0.15, 0.2) is 47.4 Å². The van der Waals surface area contributed by atoms with Crippen molar-refractivity contribution in [2.24, 2.45) is 0 Å². The second-order valence-corrected chi connectivity index (χ2v) is 15.0. The molecule has 0 saturated heterocycles. The molecule has 1 aromatic carbocycles. The second-order valence-electron chi connectivity index (χ2n) is 13.6. The molecule has 0 atom stereocenters. The van der Waals surface area contributed by atoms with Crippen molar-refractivity contribution in [3.63, 3.8) is 0 Å². The summed E-state index contributed by atoms with van der Waals surface area (Å²) in [5.41, 5.74) is -0.393. The van der Waals surface area contributed by atoms with Gasteiger partial charge in [-0.15, -0.1) is 0 Å². The fraction of sp³-hybridized carbons (Fsp3) is 0.714. The first kappa shape index (κ1) is 49.6. The number of carbonyl (C=O) groups is 2. The molecule has 0 fully saturated rings. The Morgan fingerprint density at radius 1 is 0.529 bits per heavy atom. The van der Waals surface area contributed by atoms with E-state index in [1.165, 1.54) is 128 Å². The van der Waals surface area contributed by atoms with E-state index in [4.69, 9.17) is 9.47 Å². The van der Waals surface area contributed by atoms with E-state index >= 15 is 0 Å². The summed E-state index contributed by atoms with van der Waals surface area (Å²) in [6.07, 6.45) is 39.6. The zero-order chi connectivity index (χ0) is 36.5. The van der Waals surface area contributed by atoms with Gasteiger partial charge in [0.25, 0.3) is 0 Å². The summed E-state index contributed by atoms with van der Waals surface area (Å²) in [7, 11) is -4.82. The van der Waals surface area contributed by atoms with Crippen molar-refractivity contribution in [3.8, 4) is 0 Å².